The van der Waals surface area contributed by atoms with E-state index in [1.165, 1.54) is 0 Å². The summed E-state index contributed by atoms with van der Waals surface area (Å²) in [7, 11) is 3.10. The van der Waals surface area contributed by atoms with Gasteiger partial charge in [-0.15, -0.1) is 11.3 Å². The van der Waals surface area contributed by atoms with Gasteiger partial charge in [0.2, 0.25) is 5.91 Å². The molecule has 0 N–H and O–H groups in total. The smallest absolute Gasteiger partial charge is 0.254 e. The van der Waals surface area contributed by atoms with Gasteiger partial charge in [-0.2, -0.15) is 0 Å². The van der Waals surface area contributed by atoms with Gasteiger partial charge in [-0.1, -0.05) is 49.7 Å². The van der Waals surface area contributed by atoms with Crippen LogP contribution in [0.4, 0.5) is 0 Å². The molecule has 3 rings (SSSR count). The third-order valence-corrected chi connectivity index (χ3v) is 6.35. The van der Waals surface area contributed by atoms with Gasteiger partial charge in [-0.3, -0.25) is 9.59 Å². The lowest BCUT2D eigenvalue weighted by molar-refractivity contribution is -0.133. The number of carbonyl (C=O) groups excluding carboxylic acids is 2. The van der Waals surface area contributed by atoms with Crippen molar-refractivity contribution in [3.05, 3.63) is 82.0 Å². The number of benzene rings is 2. The molecule has 0 bridgehead atoms. The maximum Gasteiger partial charge on any atom is 0.254 e. The third kappa shape index (κ3) is 7.09. The molecule has 1 aromatic heterocycles. The van der Waals surface area contributed by atoms with Crippen LogP contribution in [0.3, 0.4) is 0 Å². The average Bonchev–Trinajstić information content (AvgIpc) is 3.39. The lowest BCUT2D eigenvalue weighted by Crippen LogP contribution is -2.42. The zero-order valence-electron chi connectivity index (χ0n) is 20.0. The van der Waals surface area contributed by atoms with Gasteiger partial charge >= 0.3 is 0 Å². The van der Waals surface area contributed by atoms with E-state index >= 15 is 0 Å². The fourth-order valence-corrected chi connectivity index (χ4v) is 4.32. The Morgan fingerprint density at radius 1 is 0.882 bits per heavy atom. The van der Waals surface area contributed by atoms with Crippen LogP contribution in [0.2, 0.25) is 0 Å². The van der Waals surface area contributed by atoms with Crippen molar-refractivity contribution >= 4 is 23.2 Å². The number of carbonyl (C=O) groups is 2. The second-order valence-electron chi connectivity index (χ2n) is 8.00. The molecule has 180 valence electrons. The van der Waals surface area contributed by atoms with E-state index in [4.69, 9.17) is 9.47 Å². The molecule has 0 fully saturated rings. The lowest BCUT2D eigenvalue weighted by Gasteiger charge is -2.28. The number of ether oxygens (including phenoxy) is 2. The van der Waals surface area contributed by atoms with Crippen molar-refractivity contribution in [1.82, 2.24) is 9.80 Å². The second-order valence-corrected chi connectivity index (χ2v) is 9.03. The standard InChI is InChI=1S/C27H32N2O4S/c1-4-5-13-28(27(31)22-15-23(32-2)17-24(16-22)33-3)20-26(30)29(19-25-12-9-14-34-25)18-21-10-7-6-8-11-21/h6-12,14-17H,4-5,13,18-20H2,1-3H3. The minimum atomic E-state index is -0.213. The van der Waals surface area contributed by atoms with Gasteiger partial charge in [-0.05, 0) is 35.6 Å². The summed E-state index contributed by atoms with van der Waals surface area (Å²) in [5.74, 6) is 0.770. The summed E-state index contributed by atoms with van der Waals surface area (Å²) in [6.45, 7) is 3.57. The Kier molecular flexibility index (Phi) is 9.52. The molecule has 7 heteroatoms. The molecule has 1 heterocycles. The van der Waals surface area contributed by atoms with Gasteiger partial charge in [0, 0.05) is 29.6 Å². The van der Waals surface area contributed by atoms with E-state index in [1.807, 2.05) is 52.7 Å². The van der Waals surface area contributed by atoms with E-state index in [9.17, 15) is 9.59 Å². The number of hydrogen-bond acceptors (Lipinski definition) is 5. The molecule has 0 aliphatic heterocycles. The van der Waals surface area contributed by atoms with E-state index in [2.05, 4.69) is 6.92 Å². The van der Waals surface area contributed by atoms with Crippen LogP contribution in [0.25, 0.3) is 0 Å². The minimum absolute atomic E-state index is 0.0105. The molecule has 6 nitrogen and oxygen atoms in total. The first-order valence-electron chi connectivity index (χ1n) is 11.4. The SMILES string of the molecule is CCCCN(CC(=O)N(Cc1ccccc1)Cc1cccs1)C(=O)c1cc(OC)cc(OC)c1. The van der Waals surface area contributed by atoms with Crippen LogP contribution in [0, 0.1) is 0 Å². The predicted molar refractivity (Wildman–Crippen MR) is 135 cm³/mol. The summed E-state index contributed by atoms with van der Waals surface area (Å²) in [5.41, 5.74) is 1.49. The number of unbranched alkanes of at least 4 members (excludes halogenated alkanes) is 1. The van der Waals surface area contributed by atoms with Crippen LogP contribution in [-0.2, 0) is 17.9 Å². The summed E-state index contributed by atoms with van der Waals surface area (Å²) >= 11 is 1.62. The van der Waals surface area contributed by atoms with Crippen LogP contribution < -0.4 is 9.47 Å². The highest BCUT2D eigenvalue weighted by atomic mass is 32.1. The van der Waals surface area contributed by atoms with Gasteiger partial charge < -0.3 is 19.3 Å². The van der Waals surface area contributed by atoms with Crippen molar-refractivity contribution in [2.45, 2.75) is 32.9 Å². The number of amides is 2. The zero-order valence-corrected chi connectivity index (χ0v) is 20.8. The number of hydrogen-bond donors (Lipinski definition) is 0. The van der Waals surface area contributed by atoms with Crippen molar-refractivity contribution in [3.63, 3.8) is 0 Å². The highest BCUT2D eigenvalue weighted by Crippen LogP contribution is 2.24. The van der Waals surface area contributed by atoms with Crippen molar-refractivity contribution in [1.29, 1.82) is 0 Å². The number of rotatable bonds is 12. The predicted octanol–water partition coefficient (Wildman–Crippen LogP) is 5.24. The normalized spacial score (nSPS) is 10.6. The van der Waals surface area contributed by atoms with Gasteiger partial charge in [0.1, 0.15) is 18.0 Å². The molecule has 0 radical (unpaired) electrons. The van der Waals surface area contributed by atoms with E-state index in [0.29, 0.717) is 36.7 Å². The Morgan fingerprint density at radius 2 is 1.59 bits per heavy atom. The molecule has 0 saturated heterocycles. The molecule has 0 aliphatic rings. The minimum Gasteiger partial charge on any atom is -0.497 e. The monoisotopic (exact) mass is 480 g/mol. The topological polar surface area (TPSA) is 59.1 Å². The average molecular weight is 481 g/mol. The van der Waals surface area contributed by atoms with Crippen molar-refractivity contribution in [3.8, 4) is 11.5 Å². The molecule has 34 heavy (non-hydrogen) atoms. The van der Waals surface area contributed by atoms with E-state index in [0.717, 1.165) is 23.3 Å². The fraction of sp³-hybridized carbons (Fsp3) is 0.333. The summed E-state index contributed by atoms with van der Waals surface area (Å²) in [6.07, 6.45) is 1.73. The maximum absolute atomic E-state index is 13.5. The number of nitrogens with zero attached hydrogens (tertiary/aromatic N) is 2. The molecule has 2 amide bonds. The van der Waals surface area contributed by atoms with Crippen LogP contribution in [0.1, 0.15) is 40.6 Å². The second kappa shape index (κ2) is 12.8. The largest absolute Gasteiger partial charge is 0.497 e. The highest BCUT2D eigenvalue weighted by Gasteiger charge is 2.23. The molecular weight excluding hydrogens is 448 g/mol. The maximum atomic E-state index is 13.5. The molecular formula is C27H32N2O4S. The highest BCUT2D eigenvalue weighted by molar-refractivity contribution is 7.09. The Balaban J connectivity index is 1.83. The molecule has 0 unspecified atom stereocenters. The fourth-order valence-electron chi connectivity index (χ4n) is 3.60. The Labute approximate surface area is 205 Å². The van der Waals surface area contributed by atoms with Gasteiger partial charge in [0.15, 0.2) is 0 Å². The number of methoxy groups -OCH3 is 2. The quantitative estimate of drug-likeness (QED) is 0.356. The molecule has 0 atom stereocenters. The van der Waals surface area contributed by atoms with Gasteiger partial charge in [0.05, 0.1) is 20.8 Å². The Hall–Kier alpha value is -3.32. The van der Waals surface area contributed by atoms with Crippen molar-refractivity contribution < 1.29 is 19.1 Å². The molecule has 0 spiro atoms. The summed E-state index contributed by atoms with van der Waals surface area (Å²) in [6, 6.07) is 19.0. The van der Waals surface area contributed by atoms with Crippen molar-refractivity contribution in [2.75, 3.05) is 27.3 Å². The Morgan fingerprint density at radius 3 is 2.18 bits per heavy atom. The number of thiophene rings is 1. The molecule has 0 aliphatic carbocycles. The first kappa shape index (κ1) is 25.3. The molecule has 0 saturated carbocycles. The van der Waals surface area contributed by atoms with E-state index < -0.39 is 0 Å². The van der Waals surface area contributed by atoms with Crippen LogP contribution in [0.5, 0.6) is 11.5 Å². The lowest BCUT2D eigenvalue weighted by atomic mass is 10.1. The molecule has 2 aromatic carbocycles. The summed E-state index contributed by atoms with van der Waals surface area (Å²) in [4.78, 5) is 31.5. The zero-order chi connectivity index (χ0) is 24.3. The van der Waals surface area contributed by atoms with Crippen molar-refractivity contribution in [2.24, 2.45) is 0 Å². The summed E-state index contributed by atoms with van der Waals surface area (Å²) < 4.78 is 10.7. The van der Waals surface area contributed by atoms with Gasteiger partial charge in [-0.25, -0.2) is 0 Å². The first-order chi connectivity index (χ1) is 16.5. The van der Waals surface area contributed by atoms with Crippen LogP contribution >= 0.6 is 11.3 Å². The Bertz CT molecular complexity index is 1030. The van der Waals surface area contributed by atoms with Gasteiger partial charge in [0.25, 0.3) is 5.91 Å². The van der Waals surface area contributed by atoms with Crippen LogP contribution in [-0.4, -0.2) is 48.9 Å². The van der Waals surface area contributed by atoms with E-state index in [1.54, 1.807) is 48.7 Å². The van der Waals surface area contributed by atoms with Crippen LogP contribution in [0.15, 0.2) is 66.0 Å². The molecule has 3 aromatic rings. The van der Waals surface area contributed by atoms with E-state index in [-0.39, 0.29) is 18.4 Å². The summed E-state index contributed by atoms with van der Waals surface area (Å²) in [5, 5.41) is 2.01. The third-order valence-electron chi connectivity index (χ3n) is 5.49. The first-order valence-corrected chi connectivity index (χ1v) is 12.3.